The molecule has 2 heterocycles. The molecule has 3 rings (SSSR count). The van der Waals surface area contributed by atoms with Crippen molar-refractivity contribution in [2.24, 2.45) is 5.10 Å². The van der Waals surface area contributed by atoms with E-state index in [0.29, 0.717) is 31.1 Å². The summed E-state index contributed by atoms with van der Waals surface area (Å²) in [5.74, 6) is -0.148. The Bertz CT molecular complexity index is 776. The van der Waals surface area contributed by atoms with E-state index in [9.17, 15) is 9.59 Å². The van der Waals surface area contributed by atoms with Gasteiger partial charge in [-0.15, -0.1) is 11.3 Å². The summed E-state index contributed by atoms with van der Waals surface area (Å²) < 4.78 is 0. The Balaban J connectivity index is 1.51. The van der Waals surface area contributed by atoms with Gasteiger partial charge < -0.3 is 10.6 Å². The van der Waals surface area contributed by atoms with Gasteiger partial charge in [-0.2, -0.15) is 5.10 Å². The molecule has 1 atom stereocenters. The summed E-state index contributed by atoms with van der Waals surface area (Å²) in [6.45, 7) is 2.67. The van der Waals surface area contributed by atoms with Crippen LogP contribution in [0.5, 0.6) is 0 Å². The van der Waals surface area contributed by atoms with Crippen LogP contribution in [0.4, 0.5) is 5.13 Å². The van der Waals surface area contributed by atoms with Crippen molar-refractivity contribution in [3.05, 3.63) is 47.5 Å². The van der Waals surface area contributed by atoms with E-state index in [1.54, 1.807) is 18.5 Å². The van der Waals surface area contributed by atoms with Gasteiger partial charge in [0.1, 0.15) is 0 Å². The summed E-state index contributed by atoms with van der Waals surface area (Å²) in [7, 11) is 0. The van der Waals surface area contributed by atoms with E-state index < -0.39 is 6.04 Å². The molecular formula is C18H21N5O2S. The number of aromatic nitrogens is 1. The topological polar surface area (TPSA) is 86.7 Å². The van der Waals surface area contributed by atoms with E-state index in [-0.39, 0.29) is 11.8 Å². The summed E-state index contributed by atoms with van der Waals surface area (Å²) >= 11 is 1.37. The lowest BCUT2D eigenvalue weighted by molar-refractivity contribution is -0.131. The van der Waals surface area contributed by atoms with Crippen molar-refractivity contribution in [2.45, 2.75) is 25.8 Å². The zero-order chi connectivity index (χ0) is 18.4. The molecule has 8 heteroatoms. The fourth-order valence-electron chi connectivity index (χ4n) is 2.59. The second-order valence-corrected chi connectivity index (χ2v) is 6.83. The highest BCUT2D eigenvalue weighted by Crippen LogP contribution is 2.15. The minimum Gasteiger partial charge on any atom is -0.304 e. The number of hydrazone groups is 1. The number of rotatable bonds is 7. The monoisotopic (exact) mass is 371 g/mol. The zero-order valence-electron chi connectivity index (χ0n) is 14.5. The Morgan fingerprint density at radius 2 is 2.12 bits per heavy atom. The SMILES string of the molecule is C[C@@H](NCCN1N=C(c2ccccc2)CCC1=O)C(=O)Nc1nccs1. The highest BCUT2D eigenvalue weighted by Gasteiger charge is 2.21. The van der Waals surface area contributed by atoms with Crippen molar-refractivity contribution in [1.29, 1.82) is 0 Å². The first kappa shape index (κ1) is 18.2. The molecule has 1 aliphatic rings. The van der Waals surface area contributed by atoms with Gasteiger partial charge in [0.15, 0.2) is 5.13 Å². The summed E-state index contributed by atoms with van der Waals surface area (Å²) in [5, 5.41) is 14.2. The van der Waals surface area contributed by atoms with Gasteiger partial charge in [0.2, 0.25) is 11.8 Å². The lowest BCUT2D eigenvalue weighted by Crippen LogP contribution is -2.43. The molecule has 1 aliphatic heterocycles. The van der Waals surface area contributed by atoms with Crippen LogP contribution in [0.2, 0.25) is 0 Å². The fourth-order valence-corrected chi connectivity index (χ4v) is 3.12. The zero-order valence-corrected chi connectivity index (χ0v) is 15.3. The standard InChI is InChI=1S/C18H21N5O2S/c1-13(17(25)21-18-20-10-12-26-18)19-9-11-23-16(24)8-7-15(22-23)14-5-3-2-4-6-14/h2-6,10,12-13,19H,7-9,11H2,1H3,(H,20,21,25)/t13-/m1/s1. The molecule has 2 N–H and O–H groups in total. The Hall–Kier alpha value is -2.58. The first-order chi connectivity index (χ1) is 12.6. The van der Waals surface area contributed by atoms with E-state index in [1.807, 2.05) is 30.3 Å². The second kappa shape index (κ2) is 8.68. The van der Waals surface area contributed by atoms with Gasteiger partial charge in [0.25, 0.3) is 0 Å². The smallest absolute Gasteiger partial charge is 0.243 e. The Labute approximate surface area is 156 Å². The van der Waals surface area contributed by atoms with Crippen LogP contribution in [0, 0.1) is 0 Å². The second-order valence-electron chi connectivity index (χ2n) is 5.93. The third-order valence-corrected chi connectivity index (χ3v) is 4.73. The van der Waals surface area contributed by atoms with Crippen molar-refractivity contribution in [1.82, 2.24) is 15.3 Å². The minimum absolute atomic E-state index is 0.00590. The first-order valence-electron chi connectivity index (χ1n) is 8.50. The number of thiazole rings is 1. The van der Waals surface area contributed by atoms with Crippen LogP contribution >= 0.6 is 11.3 Å². The third-order valence-electron chi connectivity index (χ3n) is 4.04. The summed E-state index contributed by atoms with van der Waals surface area (Å²) in [5.41, 5.74) is 1.95. The molecule has 1 aromatic heterocycles. The molecular weight excluding hydrogens is 350 g/mol. The highest BCUT2D eigenvalue weighted by atomic mass is 32.1. The van der Waals surface area contributed by atoms with Gasteiger partial charge in [0.05, 0.1) is 18.3 Å². The molecule has 136 valence electrons. The minimum atomic E-state index is -0.392. The first-order valence-corrected chi connectivity index (χ1v) is 9.38. The molecule has 0 saturated carbocycles. The van der Waals surface area contributed by atoms with Crippen molar-refractivity contribution in [2.75, 3.05) is 18.4 Å². The van der Waals surface area contributed by atoms with Crippen molar-refractivity contribution in [3.8, 4) is 0 Å². The number of carbonyl (C=O) groups is 2. The normalized spacial score (nSPS) is 15.5. The van der Waals surface area contributed by atoms with Crippen LogP contribution in [0.25, 0.3) is 0 Å². The molecule has 0 saturated heterocycles. The Morgan fingerprint density at radius 3 is 2.85 bits per heavy atom. The van der Waals surface area contributed by atoms with E-state index in [0.717, 1.165) is 11.3 Å². The quantitative estimate of drug-likeness (QED) is 0.780. The van der Waals surface area contributed by atoms with E-state index in [2.05, 4.69) is 20.7 Å². The van der Waals surface area contributed by atoms with E-state index in [4.69, 9.17) is 0 Å². The summed E-state index contributed by atoms with van der Waals surface area (Å²) in [6, 6.07) is 9.48. The van der Waals surface area contributed by atoms with Crippen LogP contribution < -0.4 is 10.6 Å². The highest BCUT2D eigenvalue weighted by molar-refractivity contribution is 7.13. The molecule has 7 nitrogen and oxygen atoms in total. The molecule has 26 heavy (non-hydrogen) atoms. The van der Waals surface area contributed by atoms with Crippen LogP contribution in [0.1, 0.15) is 25.3 Å². The van der Waals surface area contributed by atoms with Gasteiger partial charge >= 0.3 is 0 Å². The van der Waals surface area contributed by atoms with Crippen molar-refractivity contribution >= 4 is 34.0 Å². The summed E-state index contributed by atoms with van der Waals surface area (Å²) in [6.07, 6.45) is 2.75. The van der Waals surface area contributed by atoms with E-state index in [1.165, 1.54) is 16.3 Å². The third kappa shape index (κ3) is 4.74. The number of nitrogens with zero attached hydrogens (tertiary/aromatic N) is 3. The molecule has 0 bridgehead atoms. The van der Waals surface area contributed by atoms with Crippen LogP contribution in [-0.4, -0.2) is 46.7 Å². The van der Waals surface area contributed by atoms with Crippen molar-refractivity contribution in [3.63, 3.8) is 0 Å². The molecule has 2 aromatic rings. The van der Waals surface area contributed by atoms with Gasteiger partial charge in [0, 0.05) is 31.0 Å². The predicted octanol–water partition coefficient (Wildman–Crippen LogP) is 2.09. The molecule has 0 aliphatic carbocycles. The van der Waals surface area contributed by atoms with Gasteiger partial charge in [-0.05, 0) is 12.5 Å². The van der Waals surface area contributed by atoms with Gasteiger partial charge in [-0.3, -0.25) is 9.59 Å². The molecule has 2 amide bonds. The van der Waals surface area contributed by atoms with Gasteiger partial charge in [-0.25, -0.2) is 9.99 Å². The lowest BCUT2D eigenvalue weighted by Gasteiger charge is -2.24. The average Bonchev–Trinajstić information content (AvgIpc) is 3.17. The van der Waals surface area contributed by atoms with Crippen molar-refractivity contribution < 1.29 is 9.59 Å². The molecule has 0 radical (unpaired) electrons. The molecule has 0 fully saturated rings. The Kier molecular flexibility index (Phi) is 6.08. The Morgan fingerprint density at radius 1 is 1.31 bits per heavy atom. The number of hydrogen-bond acceptors (Lipinski definition) is 6. The largest absolute Gasteiger partial charge is 0.304 e. The van der Waals surface area contributed by atoms with Gasteiger partial charge in [-0.1, -0.05) is 30.3 Å². The molecule has 0 spiro atoms. The number of nitrogens with one attached hydrogen (secondary N) is 2. The number of carbonyl (C=O) groups excluding carboxylic acids is 2. The predicted molar refractivity (Wildman–Crippen MR) is 102 cm³/mol. The van der Waals surface area contributed by atoms with Crippen LogP contribution in [0.3, 0.4) is 0 Å². The number of anilines is 1. The number of amides is 2. The van der Waals surface area contributed by atoms with Crippen LogP contribution in [0.15, 0.2) is 47.0 Å². The molecule has 1 aromatic carbocycles. The number of hydrogen-bond donors (Lipinski definition) is 2. The maximum atomic E-state index is 12.1. The van der Waals surface area contributed by atoms with E-state index >= 15 is 0 Å². The number of benzene rings is 1. The maximum Gasteiger partial charge on any atom is 0.243 e. The maximum absolute atomic E-state index is 12.1. The fraction of sp³-hybridized carbons (Fsp3) is 0.333. The van der Waals surface area contributed by atoms with Crippen LogP contribution in [-0.2, 0) is 9.59 Å². The average molecular weight is 371 g/mol. The molecule has 0 unspecified atom stereocenters. The summed E-state index contributed by atoms with van der Waals surface area (Å²) in [4.78, 5) is 28.2. The lowest BCUT2D eigenvalue weighted by atomic mass is 10.0.